The van der Waals surface area contributed by atoms with Crippen LogP contribution in [0.1, 0.15) is 68.4 Å². The molecule has 2 aliphatic carbocycles. The van der Waals surface area contributed by atoms with E-state index < -0.39 is 0 Å². The van der Waals surface area contributed by atoms with Gasteiger partial charge in [-0.15, -0.1) is 0 Å². The lowest BCUT2D eigenvalue weighted by Crippen LogP contribution is -2.41. The first-order valence-electron chi connectivity index (χ1n) is 12.3. The molecule has 2 aliphatic rings. The minimum atomic E-state index is 0.187. The Balaban J connectivity index is 1.43. The molecule has 2 fully saturated rings. The van der Waals surface area contributed by atoms with Gasteiger partial charge in [-0.05, 0) is 128 Å². The van der Waals surface area contributed by atoms with Gasteiger partial charge in [0.05, 0.1) is 7.11 Å². The van der Waals surface area contributed by atoms with Crippen molar-refractivity contribution in [2.75, 3.05) is 18.6 Å². The quantitative estimate of drug-likeness (QED) is 0.231. The first-order valence-corrected chi connectivity index (χ1v) is 14.6. The zero-order chi connectivity index (χ0) is 23.4. The molecule has 0 unspecified atom stereocenters. The highest BCUT2D eigenvalue weighted by atomic mass is 127. The van der Waals surface area contributed by atoms with Crippen molar-refractivity contribution >= 4 is 56.8 Å². The summed E-state index contributed by atoms with van der Waals surface area (Å²) in [6.07, 6.45) is 9.18. The minimum Gasteiger partial charge on any atom is -0.496 e. The van der Waals surface area contributed by atoms with Crippen LogP contribution in [0.3, 0.4) is 0 Å². The van der Waals surface area contributed by atoms with Crippen molar-refractivity contribution < 1.29 is 9.53 Å². The molecule has 5 heteroatoms. The summed E-state index contributed by atoms with van der Waals surface area (Å²) in [6.45, 7) is 2.99. The van der Waals surface area contributed by atoms with E-state index in [0.29, 0.717) is 17.7 Å². The number of carbonyl (C=O) groups is 1. The third-order valence-electron chi connectivity index (χ3n) is 7.57. The SMILES string of the molecule is COc1ccc(C2CCC(CN(C(=O)C3CCC(I)CC3)c3cccc(I)c3)CC2)cc1C. The number of benzene rings is 2. The summed E-state index contributed by atoms with van der Waals surface area (Å²) in [7, 11) is 1.74. The molecule has 2 aromatic carbocycles. The molecule has 0 heterocycles. The van der Waals surface area contributed by atoms with Gasteiger partial charge in [0.1, 0.15) is 5.75 Å². The second-order valence-corrected chi connectivity index (χ2v) is 12.8. The largest absolute Gasteiger partial charge is 0.496 e. The zero-order valence-corrected chi connectivity index (χ0v) is 24.0. The lowest BCUT2D eigenvalue weighted by molar-refractivity contribution is -0.123. The number of ether oxygens (including phenoxy) is 1. The van der Waals surface area contributed by atoms with E-state index in [4.69, 9.17) is 4.74 Å². The van der Waals surface area contributed by atoms with E-state index in [0.717, 1.165) is 34.7 Å². The predicted octanol–water partition coefficient (Wildman–Crippen LogP) is 7.91. The molecule has 0 bridgehead atoms. The van der Waals surface area contributed by atoms with Crippen LogP contribution in [0.4, 0.5) is 5.69 Å². The first kappa shape index (κ1) is 25.3. The maximum atomic E-state index is 13.7. The van der Waals surface area contributed by atoms with Crippen LogP contribution in [0.15, 0.2) is 42.5 Å². The molecule has 0 saturated heterocycles. The van der Waals surface area contributed by atoms with Gasteiger partial charge in [-0.3, -0.25) is 4.79 Å². The van der Waals surface area contributed by atoms with Gasteiger partial charge in [0, 0.05) is 25.6 Å². The molecule has 33 heavy (non-hydrogen) atoms. The van der Waals surface area contributed by atoms with Crippen LogP contribution in [0.25, 0.3) is 0 Å². The van der Waals surface area contributed by atoms with E-state index in [1.165, 1.54) is 53.2 Å². The molecule has 4 rings (SSSR count). The molecule has 0 atom stereocenters. The number of alkyl halides is 1. The van der Waals surface area contributed by atoms with E-state index in [1.54, 1.807) is 7.11 Å². The van der Waals surface area contributed by atoms with Crippen LogP contribution in [0.2, 0.25) is 0 Å². The van der Waals surface area contributed by atoms with Gasteiger partial charge in [-0.1, -0.05) is 40.8 Å². The van der Waals surface area contributed by atoms with Gasteiger partial charge in [0.25, 0.3) is 0 Å². The number of rotatable bonds is 6. The van der Waals surface area contributed by atoms with Crippen LogP contribution >= 0.6 is 45.2 Å². The second-order valence-electron chi connectivity index (χ2n) is 9.82. The zero-order valence-electron chi connectivity index (χ0n) is 19.7. The molecule has 2 saturated carbocycles. The van der Waals surface area contributed by atoms with Crippen molar-refractivity contribution in [1.29, 1.82) is 0 Å². The van der Waals surface area contributed by atoms with Gasteiger partial charge in [0.15, 0.2) is 0 Å². The number of carbonyl (C=O) groups excluding carboxylic acids is 1. The van der Waals surface area contributed by atoms with Gasteiger partial charge >= 0.3 is 0 Å². The summed E-state index contributed by atoms with van der Waals surface area (Å²) in [4.78, 5) is 15.8. The minimum absolute atomic E-state index is 0.187. The van der Waals surface area contributed by atoms with E-state index >= 15 is 0 Å². The van der Waals surface area contributed by atoms with Gasteiger partial charge in [-0.25, -0.2) is 0 Å². The highest BCUT2D eigenvalue weighted by Gasteiger charge is 2.32. The Labute approximate surface area is 226 Å². The number of methoxy groups -OCH3 is 1. The van der Waals surface area contributed by atoms with E-state index in [1.807, 2.05) is 0 Å². The van der Waals surface area contributed by atoms with E-state index in [9.17, 15) is 4.79 Å². The lowest BCUT2D eigenvalue weighted by Gasteiger charge is -2.36. The lowest BCUT2D eigenvalue weighted by atomic mass is 9.78. The van der Waals surface area contributed by atoms with Gasteiger partial charge < -0.3 is 9.64 Å². The fourth-order valence-electron chi connectivity index (χ4n) is 5.58. The molecule has 0 N–H and O–H groups in total. The fourth-order valence-corrected chi connectivity index (χ4v) is 6.82. The Hall–Kier alpha value is -0.830. The predicted molar refractivity (Wildman–Crippen MR) is 154 cm³/mol. The number of anilines is 1. The van der Waals surface area contributed by atoms with Crippen LogP contribution in [-0.2, 0) is 4.79 Å². The van der Waals surface area contributed by atoms with Crippen molar-refractivity contribution in [3.05, 3.63) is 57.2 Å². The fraction of sp³-hybridized carbons (Fsp3) is 0.536. The molecule has 0 aliphatic heterocycles. The molecule has 178 valence electrons. The molecule has 2 aromatic rings. The molecule has 0 spiro atoms. The molecule has 0 aromatic heterocycles. The topological polar surface area (TPSA) is 29.5 Å². The Morgan fingerprint density at radius 1 is 1.00 bits per heavy atom. The number of halogens is 2. The Kier molecular flexibility index (Phi) is 8.99. The number of hydrogen-bond acceptors (Lipinski definition) is 2. The summed E-state index contributed by atoms with van der Waals surface area (Å²) >= 11 is 4.91. The maximum absolute atomic E-state index is 13.7. The molecular weight excluding hydrogens is 636 g/mol. The van der Waals surface area contributed by atoms with Crippen molar-refractivity contribution in [3.8, 4) is 5.75 Å². The van der Waals surface area contributed by atoms with Gasteiger partial charge in [-0.2, -0.15) is 0 Å². The highest BCUT2D eigenvalue weighted by molar-refractivity contribution is 14.1. The summed E-state index contributed by atoms with van der Waals surface area (Å²) in [6, 6.07) is 15.1. The van der Waals surface area contributed by atoms with Crippen LogP contribution in [0, 0.1) is 22.3 Å². The highest BCUT2D eigenvalue weighted by Crippen LogP contribution is 2.39. The Bertz CT molecular complexity index is 947. The monoisotopic (exact) mass is 671 g/mol. The van der Waals surface area contributed by atoms with Crippen LogP contribution in [0.5, 0.6) is 5.75 Å². The van der Waals surface area contributed by atoms with Crippen molar-refractivity contribution in [1.82, 2.24) is 0 Å². The third-order valence-corrected chi connectivity index (χ3v) is 9.49. The van der Waals surface area contributed by atoms with E-state index in [2.05, 4.69) is 99.5 Å². The summed E-state index contributed by atoms with van der Waals surface area (Å²) in [5.41, 5.74) is 3.73. The van der Waals surface area contributed by atoms with E-state index in [-0.39, 0.29) is 5.92 Å². The summed E-state index contributed by atoms with van der Waals surface area (Å²) in [5, 5.41) is 0. The standard InChI is InChI=1S/C28H35I2NO2/c1-19-16-23(12-15-27(19)33-2)21-8-6-20(7-9-21)18-31(26-5-3-4-25(30)17-26)28(32)22-10-13-24(29)14-11-22/h3-5,12,15-17,20-22,24H,6-11,13-14,18H2,1-2H3. The van der Waals surface area contributed by atoms with Crippen LogP contribution in [-0.4, -0.2) is 23.5 Å². The van der Waals surface area contributed by atoms with Crippen molar-refractivity contribution in [2.24, 2.45) is 11.8 Å². The van der Waals surface area contributed by atoms with Crippen LogP contribution < -0.4 is 9.64 Å². The Morgan fingerprint density at radius 2 is 1.73 bits per heavy atom. The maximum Gasteiger partial charge on any atom is 0.230 e. The number of amides is 1. The molecule has 0 radical (unpaired) electrons. The molecule has 3 nitrogen and oxygen atoms in total. The normalized spacial score (nSPS) is 25.5. The molecular formula is C28H35I2NO2. The number of nitrogens with zero attached hydrogens (tertiary/aromatic N) is 1. The summed E-state index contributed by atoms with van der Waals surface area (Å²) in [5.74, 6) is 2.70. The number of hydrogen-bond donors (Lipinski definition) is 0. The molecule has 1 amide bonds. The average Bonchev–Trinajstić information content (AvgIpc) is 2.83. The van der Waals surface area contributed by atoms with Gasteiger partial charge in [0.2, 0.25) is 5.91 Å². The Morgan fingerprint density at radius 3 is 2.36 bits per heavy atom. The first-order chi connectivity index (χ1) is 15.9. The second kappa shape index (κ2) is 11.7. The summed E-state index contributed by atoms with van der Waals surface area (Å²) < 4.78 is 7.36. The van der Waals surface area contributed by atoms with Crippen molar-refractivity contribution in [2.45, 2.75) is 68.1 Å². The average molecular weight is 671 g/mol. The number of aryl methyl sites for hydroxylation is 1. The third kappa shape index (κ3) is 6.44. The van der Waals surface area contributed by atoms with Crippen molar-refractivity contribution in [3.63, 3.8) is 0 Å². The smallest absolute Gasteiger partial charge is 0.230 e.